The molecule has 2 heterocycles. The molecular weight excluding hydrogens is 219 g/mol. The Morgan fingerprint density at radius 3 is 2.88 bits per heavy atom. The molecule has 1 aliphatic heterocycles. The van der Waals surface area contributed by atoms with E-state index >= 15 is 0 Å². The molecule has 1 aromatic heterocycles. The smallest absolute Gasteiger partial charge is 0.229 e. The molecule has 1 aliphatic rings. The van der Waals surface area contributed by atoms with Crippen molar-refractivity contribution in [3.05, 3.63) is 42.0 Å². The van der Waals surface area contributed by atoms with E-state index in [4.69, 9.17) is 4.42 Å². The fraction of sp³-hybridized carbons (Fsp3) is 0.308. The van der Waals surface area contributed by atoms with E-state index in [0.29, 0.717) is 17.4 Å². The summed E-state index contributed by atoms with van der Waals surface area (Å²) < 4.78 is 18.8. The monoisotopic (exact) mass is 232 g/mol. The van der Waals surface area contributed by atoms with Crippen LogP contribution in [0.1, 0.15) is 5.69 Å². The molecule has 4 heteroatoms. The van der Waals surface area contributed by atoms with Crippen LogP contribution in [0, 0.1) is 11.7 Å². The highest BCUT2D eigenvalue weighted by Gasteiger charge is 2.19. The van der Waals surface area contributed by atoms with Crippen LogP contribution in [0.15, 0.2) is 34.9 Å². The lowest BCUT2D eigenvalue weighted by molar-refractivity contribution is 0.344. The zero-order valence-corrected chi connectivity index (χ0v) is 9.32. The van der Waals surface area contributed by atoms with Gasteiger partial charge in [0.15, 0.2) is 0 Å². The van der Waals surface area contributed by atoms with Gasteiger partial charge in [-0.25, -0.2) is 9.37 Å². The van der Waals surface area contributed by atoms with Gasteiger partial charge in [0.1, 0.15) is 12.1 Å². The predicted octanol–water partition coefficient (Wildman–Crippen LogP) is 2.24. The van der Waals surface area contributed by atoms with Crippen LogP contribution in [0.3, 0.4) is 0 Å². The Labute approximate surface area is 98.7 Å². The molecule has 0 aliphatic carbocycles. The number of hydrogen-bond donors (Lipinski definition) is 1. The fourth-order valence-electron chi connectivity index (χ4n) is 1.95. The second kappa shape index (κ2) is 4.30. The summed E-state index contributed by atoms with van der Waals surface area (Å²) >= 11 is 0. The van der Waals surface area contributed by atoms with Crippen molar-refractivity contribution in [2.45, 2.75) is 6.42 Å². The molecule has 1 N–H and O–H groups in total. The number of nitrogens with one attached hydrogen (secondary N) is 1. The van der Waals surface area contributed by atoms with E-state index in [9.17, 15) is 4.39 Å². The molecule has 1 saturated heterocycles. The zero-order chi connectivity index (χ0) is 11.7. The summed E-state index contributed by atoms with van der Waals surface area (Å²) in [4.78, 5) is 4.33. The minimum absolute atomic E-state index is 0.300. The number of oxazole rings is 1. The lowest BCUT2D eigenvalue weighted by Crippen LogP contribution is -2.43. The maximum absolute atomic E-state index is 13.5. The molecule has 88 valence electrons. The first kappa shape index (κ1) is 10.5. The van der Waals surface area contributed by atoms with Crippen molar-refractivity contribution in [3.8, 4) is 11.5 Å². The molecule has 3 rings (SSSR count). The molecule has 0 saturated carbocycles. The number of nitrogens with zero attached hydrogens (tertiary/aromatic N) is 1. The number of benzene rings is 1. The van der Waals surface area contributed by atoms with Crippen molar-refractivity contribution in [1.82, 2.24) is 10.3 Å². The van der Waals surface area contributed by atoms with Crippen LogP contribution in [0.5, 0.6) is 0 Å². The van der Waals surface area contributed by atoms with Crippen molar-refractivity contribution in [3.63, 3.8) is 0 Å². The lowest BCUT2D eigenvalue weighted by atomic mass is 9.98. The van der Waals surface area contributed by atoms with Crippen LogP contribution >= 0.6 is 0 Å². The van der Waals surface area contributed by atoms with Crippen molar-refractivity contribution < 1.29 is 8.81 Å². The highest BCUT2D eigenvalue weighted by atomic mass is 19.1. The van der Waals surface area contributed by atoms with Gasteiger partial charge in [-0.2, -0.15) is 0 Å². The van der Waals surface area contributed by atoms with E-state index in [2.05, 4.69) is 10.3 Å². The summed E-state index contributed by atoms with van der Waals surface area (Å²) in [5.41, 5.74) is 1.32. The zero-order valence-electron chi connectivity index (χ0n) is 9.32. The van der Waals surface area contributed by atoms with E-state index in [1.54, 1.807) is 24.5 Å². The summed E-state index contributed by atoms with van der Waals surface area (Å²) in [6.45, 7) is 2.06. The van der Waals surface area contributed by atoms with E-state index in [1.165, 1.54) is 6.07 Å². The molecule has 0 bridgehead atoms. The van der Waals surface area contributed by atoms with Gasteiger partial charge in [0.05, 0.1) is 11.3 Å². The van der Waals surface area contributed by atoms with Gasteiger partial charge in [-0.3, -0.25) is 0 Å². The number of hydrogen-bond acceptors (Lipinski definition) is 3. The molecule has 0 unspecified atom stereocenters. The van der Waals surface area contributed by atoms with Gasteiger partial charge in [0.25, 0.3) is 0 Å². The number of aromatic nitrogens is 1. The van der Waals surface area contributed by atoms with E-state index < -0.39 is 0 Å². The third-order valence-electron chi connectivity index (χ3n) is 3.02. The summed E-state index contributed by atoms with van der Waals surface area (Å²) in [5, 5.41) is 3.21. The first-order valence-electron chi connectivity index (χ1n) is 5.73. The summed E-state index contributed by atoms with van der Waals surface area (Å²) in [6.07, 6.45) is 2.52. The number of rotatable bonds is 3. The van der Waals surface area contributed by atoms with E-state index in [-0.39, 0.29) is 5.82 Å². The van der Waals surface area contributed by atoms with Crippen molar-refractivity contribution in [2.24, 2.45) is 5.92 Å². The maximum atomic E-state index is 13.5. The fourth-order valence-corrected chi connectivity index (χ4v) is 1.95. The summed E-state index contributed by atoms with van der Waals surface area (Å²) in [5.74, 6) is 0.699. The normalized spacial score (nSPS) is 15.8. The van der Waals surface area contributed by atoms with Gasteiger partial charge in [0, 0.05) is 0 Å². The lowest BCUT2D eigenvalue weighted by Gasteiger charge is -2.25. The van der Waals surface area contributed by atoms with E-state index in [1.807, 2.05) is 0 Å². The van der Waals surface area contributed by atoms with E-state index in [0.717, 1.165) is 25.2 Å². The molecule has 0 atom stereocenters. The largest absolute Gasteiger partial charge is 0.444 e. The minimum Gasteiger partial charge on any atom is -0.444 e. The first-order chi connectivity index (χ1) is 8.33. The van der Waals surface area contributed by atoms with Crippen LogP contribution in [0.25, 0.3) is 11.5 Å². The van der Waals surface area contributed by atoms with Crippen LogP contribution < -0.4 is 5.32 Å². The van der Waals surface area contributed by atoms with Crippen LogP contribution in [0.4, 0.5) is 4.39 Å². The Kier molecular flexibility index (Phi) is 2.65. The average molecular weight is 232 g/mol. The maximum Gasteiger partial charge on any atom is 0.229 e. The van der Waals surface area contributed by atoms with Crippen molar-refractivity contribution >= 4 is 0 Å². The predicted molar refractivity (Wildman–Crippen MR) is 62.0 cm³/mol. The van der Waals surface area contributed by atoms with Crippen LogP contribution in [-0.2, 0) is 6.42 Å². The van der Waals surface area contributed by atoms with Gasteiger partial charge >= 0.3 is 0 Å². The topological polar surface area (TPSA) is 38.1 Å². The highest BCUT2D eigenvalue weighted by Crippen LogP contribution is 2.23. The molecule has 3 nitrogen and oxygen atoms in total. The Bertz CT molecular complexity index is 520. The molecule has 2 aromatic rings. The Morgan fingerprint density at radius 2 is 2.18 bits per heavy atom. The SMILES string of the molecule is Fc1ccccc1-c1nc(CC2CNC2)co1. The third kappa shape index (κ3) is 2.08. The quantitative estimate of drug-likeness (QED) is 0.882. The Morgan fingerprint density at radius 1 is 1.35 bits per heavy atom. The van der Waals surface area contributed by atoms with Gasteiger partial charge < -0.3 is 9.73 Å². The molecule has 0 amide bonds. The van der Waals surface area contributed by atoms with Crippen molar-refractivity contribution in [1.29, 1.82) is 0 Å². The second-order valence-corrected chi connectivity index (χ2v) is 4.35. The average Bonchev–Trinajstić information content (AvgIpc) is 2.73. The van der Waals surface area contributed by atoms with Crippen LogP contribution in [-0.4, -0.2) is 18.1 Å². The molecule has 0 spiro atoms. The number of halogens is 1. The van der Waals surface area contributed by atoms with Gasteiger partial charge in [-0.05, 0) is 37.6 Å². The van der Waals surface area contributed by atoms with Gasteiger partial charge in [-0.15, -0.1) is 0 Å². The van der Waals surface area contributed by atoms with Gasteiger partial charge in [-0.1, -0.05) is 12.1 Å². The molecule has 17 heavy (non-hydrogen) atoms. The highest BCUT2D eigenvalue weighted by molar-refractivity contribution is 5.53. The Balaban J connectivity index is 1.82. The minimum atomic E-state index is -0.300. The molecule has 1 fully saturated rings. The standard InChI is InChI=1S/C13H13FN2O/c14-12-4-2-1-3-11(12)13-16-10(8-17-13)5-9-6-15-7-9/h1-4,8-9,15H,5-7H2. The first-order valence-corrected chi connectivity index (χ1v) is 5.73. The molecule has 1 aromatic carbocycles. The summed E-state index contributed by atoms with van der Waals surface area (Å²) in [6, 6.07) is 6.52. The molecule has 0 radical (unpaired) electrons. The third-order valence-corrected chi connectivity index (χ3v) is 3.02. The van der Waals surface area contributed by atoms with Crippen LogP contribution in [0.2, 0.25) is 0 Å². The Hall–Kier alpha value is -1.68. The summed E-state index contributed by atoms with van der Waals surface area (Å²) in [7, 11) is 0. The molecular formula is C13H13FN2O. The second-order valence-electron chi connectivity index (χ2n) is 4.35. The van der Waals surface area contributed by atoms with Gasteiger partial charge in [0.2, 0.25) is 5.89 Å². The van der Waals surface area contributed by atoms with Crippen molar-refractivity contribution in [2.75, 3.05) is 13.1 Å².